The molecule has 0 amide bonds. The zero-order valence-corrected chi connectivity index (χ0v) is 13.1. The van der Waals surface area contributed by atoms with Gasteiger partial charge in [0.05, 0.1) is 4.90 Å². The maximum Gasteiger partial charge on any atom is 0.240 e. The van der Waals surface area contributed by atoms with Gasteiger partial charge in [0, 0.05) is 21.9 Å². The van der Waals surface area contributed by atoms with Crippen LogP contribution in [0.2, 0.25) is 5.02 Å². The molecule has 0 saturated heterocycles. The van der Waals surface area contributed by atoms with Crippen LogP contribution in [0.15, 0.2) is 46.7 Å². The summed E-state index contributed by atoms with van der Waals surface area (Å²) in [5.74, 6) is 0. The van der Waals surface area contributed by atoms with Crippen LogP contribution in [0.4, 0.5) is 0 Å². The van der Waals surface area contributed by atoms with Crippen LogP contribution in [-0.4, -0.2) is 15.0 Å². The van der Waals surface area contributed by atoms with Crippen LogP contribution in [0.5, 0.6) is 0 Å². The standard InChI is InChI=1S/C14H14ClNO2S2/c15-11-3-5-12(6-4-11)20(17,18)16-10-14(7-8-14)13-2-1-9-19-13/h1-6,9,16H,7-8,10H2. The summed E-state index contributed by atoms with van der Waals surface area (Å²) in [4.78, 5) is 1.51. The molecule has 1 heterocycles. The normalized spacial score (nSPS) is 17.1. The van der Waals surface area contributed by atoms with Crippen LogP contribution in [0.3, 0.4) is 0 Å². The van der Waals surface area contributed by atoms with Crippen molar-refractivity contribution in [2.24, 2.45) is 0 Å². The van der Waals surface area contributed by atoms with Gasteiger partial charge in [0.15, 0.2) is 0 Å². The number of hydrogen-bond acceptors (Lipinski definition) is 3. The summed E-state index contributed by atoms with van der Waals surface area (Å²) in [7, 11) is -3.47. The highest BCUT2D eigenvalue weighted by Gasteiger charge is 2.45. The van der Waals surface area contributed by atoms with E-state index in [4.69, 9.17) is 11.6 Å². The minimum absolute atomic E-state index is 0.00760. The second kappa shape index (κ2) is 5.15. The lowest BCUT2D eigenvalue weighted by molar-refractivity contribution is 0.569. The first kappa shape index (κ1) is 14.1. The smallest absolute Gasteiger partial charge is 0.210 e. The Hall–Kier alpha value is -0.880. The second-order valence-electron chi connectivity index (χ2n) is 5.04. The minimum atomic E-state index is -3.47. The molecule has 0 unspecified atom stereocenters. The summed E-state index contributed by atoms with van der Waals surface area (Å²) in [6.45, 7) is 0.457. The Bertz CT molecular complexity index is 689. The van der Waals surface area contributed by atoms with Crippen LogP contribution >= 0.6 is 22.9 Å². The zero-order valence-electron chi connectivity index (χ0n) is 10.7. The first-order valence-electron chi connectivity index (χ1n) is 6.31. The van der Waals surface area contributed by atoms with E-state index in [2.05, 4.69) is 10.8 Å². The Balaban J connectivity index is 1.73. The topological polar surface area (TPSA) is 46.2 Å². The van der Waals surface area contributed by atoms with Crippen LogP contribution in [0.1, 0.15) is 17.7 Å². The molecule has 2 aromatic rings. The molecule has 0 radical (unpaired) electrons. The molecule has 1 fully saturated rings. The average Bonchev–Trinajstić information content (AvgIpc) is 3.01. The molecule has 20 heavy (non-hydrogen) atoms. The number of halogens is 1. The minimum Gasteiger partial charge on any atom is -0.210 e. The number of thiophene rings is 1. The fourth-order valence-corrected chi connectivity index (χ4v) is 4.41. The molecule has 3 nitrogen and oxygen atoms in total. The van der Waals surface area contributed by atoms with Crippen molar-refractivity contribution in [3.63, 3.8) is 0 Å². The Morgan fingerprint density at radius 3 is 2.45 bits per heavy atom. The van der Waals surface area contributed by atoms with E-state index in [0.717, 1.165) is 12.8 Å². The SMILES string of the molecule is O=S(=O)(NCC1(c2cccs2)CC1)c1ccc(Cl)cc1. The number of hydrogen-bond donors (Lipinski definition) is 1. The van der Waals surface area contributed by atoms with Gasteiger partial charge in [0.1, 0.15) is 0 Å². The molecule has 1 N–H and O–H groups in total. The predicted octanol–water partition coefficient (Wildman–Crippen LogP) is 3.41. The summed E-state index contributed by atoms with van der Waals surface area (Å²) in [5.41, 5.74) is 0.00760. The van der Waals surface area contributed by atoms with Crippen molar-refractivity contribution in [1.82, 2.24) is 4.72 Å². The van der Waals surface area contributed by atoms with Crippen LogP contribution < -0.4 is 4.72 Å². The molecule has 0 atom stereocenters. The Morgan fingerprint density at radius 1 is 1.20 bits per heavy atom. The van der Waals surface area contributed by atoms with Crippen molar-refractivity contribution in [2.75, 3.05) is 6.54 Å². The van der Waals surface area contributed by atoms with Gasteiger partial charge >= 0.3 is 0 Å². The molecule has 0 bridgehead atoms. The van der Waals surface area contributed by atoms with Gasteiger partial charge in [-0.05, 0) is 48.6 Å². The molecule has 1 aromatic heterocycles. The van der Waals surface area contributed by atoms with Gasteiger partial charge in [-0.3, -0.25) is 0 Å². The van der Waals surface area contributed by atoms with E-state index in [1.54, 1.807) is 23.5 Å². The third kappa shape index (κ3) is 2.76. The number of nitrogens with one attached hydrogen (secondary N) is 1. The summed E-state index contributed by atoms with van der Waals surface area (Å²) in [6, 6.07) is 10.3. The van der Waals surface area contributed by atoms with Crippen LogP contribution in [-0.2, 0) is 15.4 Å². The van der Waals surface area contributed by atoms with Crippen molar-refractivity contribution in [1.29, 1.82) is 0 Å². The van der Waals surface area contributed by atoms with Gasteiger partial charge < -0.3 is 0 Å². The monoisotopic (exact) mass is 327 g/mol. The van der Waals surface area contributed by atoms with Crippen LogP contribution in [0, 0.1) is 0 Å². The molecule has 106 valence electrons. The van der Waals surface area contributed by atoms with Gasteiger partial charge in [-0.15, -0.1) is 11.3 Å². The van der Waals surface area contributed by atoms with Crippen molar-refractivity contribution in [3.8, 4) is 0 Å². The van der Waals surface area contributed by atoms with Gasteiger partial charge in [0.25, 0.3) is 0 Å². The molecule has 0 aliphatic heterocycles. The fourth-order valence-electron chi connectivity index (χ4n) is 2.17. The lowest BCUT2D eigenvalue weighted by Gasteiger charge is -2.14. The highest BCUT2D eigenvalue weighted by Crippen LogP contribution is 2.49. The molecule has 0 spiro atoms. The predicted molar refractivity (Wildman–Crippen MR) is 81.9 cm³/mol. The van der Waals surface area contributed by atoms with E-state index >= 15 is 0 Å². The van der Waals surface area contributed by atoms with Crippen molar-refractivity contribution in [3.05, 3.63) is 51.7 Å². The van der Waals surface area contributed by atoms with Crippen molar-refractivity contribution < 1.29 is 8.42 Å². The van der Waals surface area contributed by atoms with Crippen molar-refractivity contribution in [2.45, 2.75) is 23.2 Å². The molecule has 1 aromatic carbocycles. The average molecular weight is 328 g/mol. The largest absolute Gasteiger partial charge is 0.240 e. The fraction of sp³-hybridized carbons (Fsp3) is 0.286. The zero-order chi connectivity index (χ0) is 14.2. The van der Waals surface area contributed by atoms with Gasteiger partial charge in [-0.2, -0.15) is 0 Å². The van der Waals surface area contributed by atoms with E-state index < -0.39 is 10.0 Å². The van der Waals surface area contributed by atoms with Gasteiger partial charge in [-0.25, -0.2) is 13.1 Å². The Kier molecular flexibility index (Phi) is 3.62. The molecular formula is C14H14ClNO2S2. The summed E-state index contributed by atoms with van der Waals surface area (Å²) in [6.07, 6.45) is 2.08. The molecular weight excluding hydrogens is 314 g/mol. The number of benzene rings is 1. The number of rotatable bonds is 5. The van der Waals surface area contributed by atoms with E-state index in [-0.39, 0.29) is 10.3 Å². The van der Waals surface area contributed by atoms with Gasteiger partial charge in [0.2, 0.25) is 10.0 Å². The van der Waals surface area contributed by atoms with Crippen molar-refractivity contribution >= 4 is 33.0 Å². The summed E-state index contributed by atoms with van der Waals surface area (Å²) in [5, 5.41) is 2.56. The lowest BCUT2D eigenvalue weighted by atomic mass is 10.1. The van der Waals surface area contributed by atoms with E-state index in [1.807, 2.05) is 11.4 Å². The highest BCUT2D eigenvalue weighted by molar-refractivity contribution is 7.89. The quantitative estimate of drug-likeness (QED) is 0.914. The highest BCUT2D eigenvalue weighted by atomic mass is 35.5. The maximum atomic E-state index is 12.2. The molecule has 3 rings (SSSR count). The Morgan fingerprint density at radius 2 is 1.90 bits per heavy atom. The van der Waals surface area contributed by atoms with E-state index in [1.165, 1.54) is 17.0 Å². The molecule has 1 aliphatic carbocycles. The summed E-state index contributed by atoms with van der Waals surface area (Å²) >= 11 is 7.46. The summed E-state index contributed by atoms with van der Waals surface area (Å²) < 4.78 is 27.2. The van der Waals surface area contributed by atoms with E-state index in [9.17, 15) is 8.42 Å². The third-order valence-corrected chi connectivity index (χ3v) is 6.41. The molecule has 1 saturated carbocycles. The van der Waals surface area contributed by atoms with Crippen LogP contribution in [0.25, 0.3) is 0 Å². The first-order valence-corrected chi connectivity index (χ1v) is 9.05. The number of sulfonamides is 1. The first-order chi connectivity index (χ1) is 9.52. The molecule has 6 heteroatoms. The third-order valence-electron chi connectivity index (χ3n) is 3.62. The Labute approximate surface area is 127 Å². The molecule has 1 aliphatic rings. The van der Waals surface area contributed by atoms with E-state index in [0.29, 0.717) is 11.6 Å². The second-order valence-corrected chi connectivity index (χ2v) is 8.19. The lowest BCUT2D eigenvalue weighted by Crippen LogP contribution is -2.31. The van der Waals surface area contributed by atoms with Gasteiger partial charge in [-0.1, -0.05) is 17.7 Å². The maximum absolute atomic E-state index is 12.2.